The van der Waals surface area contributed by atoms with Crippen LogP contribution in [0.15, 0.2) is 22.9 Å². The quantitative estimate of drug-likeness (QED) is 0.516. The van der Waals surface area contributed by atoms with Crippen molar-refractivity contribution in [1.82, 2.24) is 20.3 Å². The van der Waals surface area contributed by atoms with Gasteiger partial charge in [-0.1, -0.05) is 0 Å². The van der Waals surface area contributed by atoms with Gasteiger partial charge in [-0.15, -0.1) is 5.53 Å². The highest BCUT2D eigenvalue weighted by Gasteiger charge is 2.31. The molecule has 3 heterocycles. The van der Waals surface area contributed by atoms with Crippen LogP contribution in [0, 0.1) is 0 Å². The van der Waals surface area contributed by atoms with Crippen LogP contribution in [-0.2, 0) is 0 Å². The normalized spacial score (nSPS) is 26.7. The third-order valence-electron chi connectivity index (χ3n) is 2.25. The Labute approximate surface area is 75.4 Å². The van der Waals surface area contributed by atoms with Crippen molar-refractivity contribution in [3.63, 3.8) is 0 Å². The van der Waals surface area contributed by atoms with Crippen molar-refractivity contribution in [3.8, 4) is 0 Å². The number of allylic oxidation sites excluding steroid dienone is 1. The fraction of sp³-hybridized carbons (Fsp3) is 0.429. The van der Waals surface area contributed by atoms with E-state index in [1.54, 1.807) is 11.9 Å². The van der Waals surface area contributed by atoms with E-state index in [0.717, 1.165) is 19.6 Å². The van der Waals surface area contributed by atoms with Gasteiger partial charge in [-0.25, -0.2) is 4.41 Å². The van der Waals surface area contributed by atoms with Crippen molar-refractivity contribution in [2.24, 2.45) is 0 Å². The lowest BCUT2D eigenvalue weighted by atomic mass is 10.2. The minimum atomic E-state index is 0.976. The highest BCUT2D eigenvalue weighted by atomic mass is 32.2. The molecule has 2 N–H and O–H groups in total. The number of fused-ring (bicyclic) bond motifs is 2. The van der Waals surface area contributed by atoms with Gasteiger partial charge in [0.2, 0.25) is 0 Å². The molecule has 0 radical (unpaired) electrons. The molecule has 12 heavy (non-hydrogen) atoms. The van der Waals surface area contributed by atoms with Gasteiger partial charge in [0.05, 0.1) is 11.4 Å². The Kier molecular flexibility index (Phi) is 1.37. The van der Waals surface area contributed by atoms with Gasteiger partial charge in [0.25, 0.3) is 0 Å². The van der Waals surface area contributed by atoms with Crippen molar-refractivity contribution in [1.29, 1.82) is 0 Å². The van der Waals surface area contributed by atoms with Crippen molar-refractivity contribution in [2.75, 3.05) is 19.6 Å². The van der Waals surface area contributed by atoms with E-state index >= 15 is 0 Å². The third kappa shape index (κ3) is 0.811. The SMILES string of the molecule is C1=CC2=C3CNCCN3NN2S1. The number of nitrogens with zero attached hydrogens (tertiary/aromatic N) is 2. The standard InChI is InChI=1S/C7H10N4S/c1-4-12-11-6(1)7-5-8-2-3-10(7)9-11/h1,4,8-9H,2-3,5H2. The predicted octanol–water partition coefficient (Wildman–Crippen LogP) is 0.0139. The lowest BCUT2D eigenvalue weighted by molar-refractivity contribution is 0.180. The maximum Gasteiger partial charge on any atom is 0.0894 e. The van der Waals surface area contributed by atoms with E-state index in [9.17, 15) is 0 Å². The van der Waals surface area contributed by atoms with Crippen LogP contribution in [0.25, 0.3) is 0 Å². The first-order valence-electron chi connectivity index (χ1n) is 4.06. The first-order chi connectivity index (χ1) is 5.95. The number of hydrogen-bond acceptors (Lipinski definition) is 5. The second-order valence-corrected chi connectivity index (χ2v) is 3.81. The van der Waals surface area contributed by atoms with Gasteiger partial charge in [-0.2, -0.15) is 0 Å². The van der Waals surface area contributed by atoms with Gasteiger partial charge in [0, 0.05) is 19.6 Å². The zero-order valence-electron chi connectivity index (χ0n) is 6.58. The molecule has 1 saturated heterocycles. The van der Waals surface area contributed by atoms with E-state index < -0.39 is 0 Å². The average Bonchev–Trinajstić information content (AvgIpc) is 2.62. The second kappa shape index (κ2) is 2.42. The van der Waals surface area contributed by atoms with E-state index in [1.807, 2.05) is 0 Å². The zero-order chi connectivity index (χ0) is 7.97. The van der Waals surface area contributed by atoms with E-state index in [-0.39, 0.29) is 0 Å². The Morgan fingerprint density at radius 3 is 3.50 bits per heavy atom. The molecule has 0 aromatic carbocycles. The first kappa shape index (κ1) is 6.82. The molecule has 0 unspecified atom stereocenters. The molecule has 3 aliphatic heterocycles. The monoisotopic (exact) mass is 182 g/mol. The van der Waals surface area contributed by atoms with Gasteiger partial charge >= 0.3 is 0 Å². The van der Waals surface area contributed by atoms with Gasteiger partial charge in [-0.3, -0.25) is 5.01 Å². The molecule has 0 aromatic rings. The van der Waals surface area contributed by atoms with Crippen LogP contribution in [-0.4, -0.2) is 29.1 Å². The van der Waals surface area contributed by atoms with E-state index in [4.69, 9.17) is 0 Å². The molecule has 3 rings (SSSR count). The molecular formula is C7H10N4S. The number of hydrazine groups is 2. The number of hydrogen-bond donors (Lipinski definition) is 2. The van der Waals surface area contributed by atoms with Crippen molar-refractivity contribution < 1.29 is 0 Å². The average molecular weight is 182 g/mol. The molecular weight excluding hydrogens is 172 g/mol. The molecule has 1 fully saturated rings. The van der Waals surface area contributed by atoms with Crippen molar-refractivity contribution >= 4 is 11.9 Å². The molecule has 0 aromatic heterocycles. The predicted molar refractivity (Wildman–Crippen MR) is 48.3 cm³/mol. The largest absolute Gasteiger partial charge is 0.309 e. The minimum Gasteiger partial charge on any atom is -0.309 e. The second-order valence-electron chi connectivity index (χ2n) is 2.96. The summed E-state index contributed by atoms with van der Waals surface area (Å²) >= 11 is 1.69. The fourth-order valence-corrected chi connectivity index (χ4v) is 2.38. The topological polar surface area (TPSA) is 30.5 Å². The van der Waals surface area contributed by atoms with Crippen LogP contribution in [0.1, 0.15) is 0 Å². The third-order valence-corrected chi connectivity index (χ3v) is 3.00. The Bertz CT molecular complexity index is 273. The van der Waals surface area contributed by atoms with Crippen molar-refractivity contribution in [3.05, 3.63) is 22.9 Å². The lowest BCUT2D eigenvalue weighted by Crippen LogP contribution is -2.46. The van der Waals surface area contributed by atoms with Crippen LogP contribution in [0.3, 0.4) is 0 Å². The molecule has 64 valence electrons. The summed E-state index contributed by atoms with van der Waals surface area (Å²) in [6, 6.07) is 0. The summed E-state index contributed by atoms with van der Waals surface area (Å²) in [5.74, 6) is 0. The molecule has 0 aliphatic carbocycles. The molecule has 5 heteroatoms. The number of rotatable bonds is 0. The summed E-state index contributed by atoms with van der Waals surface area (Å²) in [5.41, 5.74) is 5.97. The van der Waals surface area contributed by atoms with Gasteiger partial charge in [0.1, 0.15) is 0 Å². The Balaban J connectivity index is 1.99. The summed E-state index contributed by atoms with van der Waals surface area (Å²) in [6.07, 6.45) is 2.15. The van der Waals surface area contributed by atoms with Crippen LogP contribution in [0.2, 0.25) is 0 Å². The van der Waals surface area contributed by atoms with Gasteiger partial charge in [0.15, 0.2) is 0 Å². The Morgan fingerprint density at radius 2 is 2.50 bits per heavy atom. The van der Waals surface area contributed by atoms with Crippen molar-refractivity contribution in [2.45, 2.75) is 0 Å². The molecule has 0 amide bonds. The van der Waals surface area contributed by atoms with Crippen LogP contribution >= 0.6 is 11.9 Å². The molecule has 3 aliphatic rings. The maximum absolute atomic E-state index is 3.36. The van der Waals surface area contributed by atoms with Crippen LogP contribution in [0.5, 0.6) is 0 Å². The van der Waals surface area contributed by atoms with Crippen LogP contribution in [0.4, 0.5) is 0 Å². The van der Waals surface area contributed by atoms with Gasteiger partial charge in [-0.05, 0) is 23.4 Å². The highest BCUT2D eigenvalue weighted by molar-refractivity contribution is 8.00. The number of piperazine rings is 1. The summed E-state index contributed by atoms with van der Waals surface area (Å²) in [5, 5.41) is 7.67. The highest BCUT2D eigenvalue weighted by Crippen LogP contribution is 2.33. The van der Waals surface area contributed by atoms with Gasteiger partial charge < -0.3 is 5.32 Å². The smallest absolute Gasteiger partial charge is 0.0894 e. The fourth-order valence-electron chi connectivity index (χ4n) is 1.65. The van der Waals surface area contributed by atoms with Crippen LogP contribution < -0.4 is 10.9 Å². The maximum atomic E-state index is 3.36. The lowest BCUT2D eigenvalue weighted by Gasteiger charge is -2.27. The molecule has 0 atom stereocenters. The summed E-state index contributed by atoms with van der Waals surface area (Å²) in [7, 11) is 0. The minimum absolute atomic E-state index is 0.976. The molecule has 0 bridgehead atoms. The first-order valence-corrected chi connectivity index (χ1v) is 4.90. The summed E-state index contributed by atoms with van der Waals surface area (Å²) < 4.78 is 2.10. The molecule has 0 saturated carbocycles. The Morgan fingerprint density at radius 1 is 1.50 bits per heavy atom. The van der Waals surface area contributed by atoms with E-state index in [2.05, 4.69) is 31.8 Å². The van der Waals surface area contributed by atoms with E-state index in [1.165, 1.54) is 11.4 Å². The van der Waals surface area contributed by atoms with E-state index in [0.29, 0.717) is 0 Å². The molecule has 0 spiro atoms. The summed E-state index contributed by atoms with van der Waals surface area (Å²) in [6.45, 7) is 3.08. The zero-order valence-corrected chi connectivity index (χ0v) is 7.40. The Hall–Kier alpha value is -0.650. The number of nitrogens with one attached hydrogen (secondary N) is 2. The summed E-state index contributed by atoms with van der Waals surface area (Å²) in [4.78, 5) is 0. The molecule has 4 nitrogen and oxygen atoms in total.